The lowest BCUT2D eigenvalue weighted by Gasteiger charge is -2.13. The SMILES string of the molecule is CCN(C)CCNCc1csc([N+](=O)[O-])c1. The Balaban J connectivity index is 2.24. The van der Waals surface area contributed by atoms with Gasteiger partial charge in [0.1, 0.15) is 0 Å². The van der Waals surface area contributed by atoms with Crippen LogP contribution in [-0.4, -0.2) is 36.5 Å². The Hall–Kier alpha value is -0.980. The maximum absolute atomic E-state index is 10.5. The minimum Gasteiger partial charge on any atom is -0.311 e. The van der Waals surface area contributed by atoms with Crippen LogP contribution in [0.1, 0.15) is 12.5 Å². The number of hydrogen-bond acceptors (Lipinski definition) is 5. The molecule has 0 saturated carbocycles. The van der Waals surface area contributed by atoms with Crippen molar-refractivity contribution < 1.29 is 4.92 Å². The molecule has 1 rings (SSSR count). The Bertz CT molecular complexity index is 341. The molecule has 0 radical (unpaired) electrons. The van der Waals surface area contributed by atoms with Gasteiger partial charge in [0.05, 0.1) is 4.92 Å². The average Bonchev–Trinajstić information content (AvgIpc) is 2.72. The van der Waals surface area contributed by atoms with Crippen LogP contribution in [0.25, 0.3) is 0 Å². The highest BCUT2D eigenvalue weighted by Crippen LogP contribution is 2.22. The van der Waals surface area contributed by atoms with Gasteiger partial charge < -0.3 is 10.2 Å². The van der Waals surface area contributed by atoms with Gasteiger partial charge in [-0.25, -0.2) is 0 Å². The van der Waals surface area contributed by atoms with Crippen molar-refractivity contribution in [2.45, 2.75) is 13.5 Å². The van der Waals surface area contributed by atoms with E-state index < -0.39 is 0 Å². The molecule has 0 atom stereocenters. The molecule has 1 aromatic heterocycles. The Morgan fingerprint density at radius 2 is 2.38 bits per heavy atom. The molecule has 0 spiro atoms. The molecule has 16 heavy (non-hydrogen) atoms. The molecule has 0 aliphatic rings. The van der Waals surface area contributed by atoms with Crippen LogP contribution < -0.4 is 5.32 Å². The zero-order chi connectivity index (χ0) is 12.0. The third-order valence-corrected chi connectivity index (χ3v) is 3.29. The highest BCUT2D eigenvalue weighted by molar-refractivity contribution is 7.13. The van der Waals surface area contributed by atoms with E-state index in [-0.39, 0.29) is 9.92 Å². The maximum Gasteiger partial charge on any atom is 0.324 e. The third-order valence-electron chi connectivity index (χ3n) is 2.36. The summed E-state index contributed by atoms with van der Waals surface area (Å²) in [6.45, 7) is 5.73. The Morgan fingerprint density at radius 3 is 2.94 bits per heavy atom. The van der Waals surface area contributed by atoms with E-state index >= 15 is 0 Å². The lowest BCUT2D eigenvalue weighted by atomic mass is 10.3. The fourth-order valence-corrected chi connectivity index (χ4v) is 1.94. The molecule has 0 saturated heterocycles. The molecule has 0 aromatic carbocycles. The summed E-state index contributed by atoms with van der Waals surface area (Å²) in [4.78, 5) is 12.3. The number of hydrogen-bond donors (Lipinski definition) is 1. The summed E-state index contributed by atoms with van der Waals surface area (Å²) in [6, 6.07) is 1.63. The minimum atomic E-state index is -0.348. The minimum absolute atomic E-state index is 0.211. The van der Waals surface area contributed by atoms with E-state index in [1.807, 2.05) is 5.38 Å². The van der Waals surface area contributed by atoms with Crippen molar-refractivity contribution >= 4 is 16.3 Å². The Kier molecular flexibility index (Phi) is 5.37. The van der Waals surface area contributed by atoms with Gasteiger partial charge in [-0.15, -0.1) is 0 Å². The molecule has 0 bridgehead atoms. The van der Waals surface area contributed by atoms with E-state index in [2.05, 4.69) is 24.2 Å². The van der Waals surface area contributed by atoms with Gasteiger partial charge in [-0.1, -0.05) is 18.3 Å². The quantitative estimate of drug-likeness (QED) is 0.450. The van der Waals surface area contributed by atoms with Crippen LogP contribution in [0.3, 0.4) is 0 Å². The molecule has 5 nitrogen and oxygen atoms in total. The Morgan fingerprint density at radius 1 is 1.62 bits per heavy atom. The van der Waals surface area contributed by atoms with E-state index in [1.54, 1.807) is 6.07 Å². The number of rotatable bonds is 7. The van der Waals surface area contributed by atoms with Gasteiger partial charge in [-0.05, 0) is 19.2 Å². The average molecular weight is 243 g/mol. The second-order valence-electron chi connectivity index (χ2n) is 3.62. The molecular formula is C10H17N3O2S. The number of likely N-dealkylation sites (N-methyl/N-ethyl adjacent to an activating group) is 1. The first-order valence-corrected chi connectivity index (χ1v) is 6.12. The predicted molar refractivity (Wildman–Crippen MR) is 65.9 cm³/mol. The van der Waals surface area contributed by atoms with E-state index in [0.717, 1.165) is 25.2 Å². The molecule has 1 N–H and O–H groups in total. The number of nitrogens with one attached hydrogen (secondary N) is 1. The summed E-state index contributed by atoms with van der Waals surface area (Å²) >= 11 is 1.18. The van der Waals surface area contributed by atoms with Crippen LogP contribution in [0.15, 0.2) is 11.4 Å². The lowest BCUT2D eigenvalue weighted by Crippen LogP contribution is -2.28. The van der Waals surface area contributed by atoms with Crippen LogP contribution in [-0.2, 0) is 6.54 Å². The van der Waals surface area contributed by atoms with Crippen molar-refractivity contribution in [3.63, 3.8) is 0 Å². The summed E-state index contributed by atoms with van der Waals surface area (Å²) < 4.78 is 0. The first kappa shape index (κ1) is 13.1. The molecule has 0 unspecified atom stereocenters. The van der Waals surface area contributed by atoms with Crippen molar-refractivity contribution in [2.75, 3.05) is 26.7 Å². The van der Waals surface area contributed by atoms with Gasteiger partial charge in [0, 0.05) is 31.1 Å². The fraction of sp³-hybridized carbons (Fsp3) is 0.600. The highest BCUT2D eigenvalue weighted by Gasteiger charge is 2.08. The Labute approximate surface area is 99.2 Å². The molecule has 0 aliphatic heterocycles. The van der Waals surface area contributed by atoms with Gasteiger partial charge in [-0.2, -0.15) is 0 Å². The van der Waals surface area contributed by atoms with E-state index in [4.69, 9.17) is 0 Å². The number of nitrogens with zero attached hydrogens (tertiary/aromatic N) is 2. The second-order valence-corrected chi connectivity index (χ2v) is 4.51. The largest absolute Gasteiger partial charge is 0.324 e. The van der Waals surface area contributed by atoms with Crippen LogP contribution >= 0.6 is 11.3 Å². The van der Waals surface area contributed by atoms with Gasteiger partial charge in [0.2, 0.25) is 0 Å². The zero-order valence-electron chi connectivity index (χ0n) is 9.60. The molecule has 1 aromatic rings. The maximum atomic E-state index is 10.5. The second kappa shape index (κ2) is 6.57. The van der Waals surface area contributed by atoms with Crippen LogP contribution in [0, 0.1) is 10.1 Å². The van der Waals surface area contributed by atoms with Crippen molar-refractivity contribution in [1.82, 2.24) is 10.2 Å². The van der Waals surface area contributed by atoms with Gasteiger partial charge in [0.25, 0.3) is 0 Å². The molecular weight excluding hydrogens is 226 g/mol. The molecule has 0 aliphatic carbocycles. The normalized spacial score (nSPS) is 10.9. The lowest BCUT2D eigenvalue weighted by molar-refractivity contribution is -0.380. The van der Waals surface area contributed by atoms with E-state index in [1.165, 1.54) is 11.3 Å². The molecule has 0 fully saturated rings. The summed E-state index contributed by atoms with van der Waals surface area (Å²) in [5, 5.41) is 15.8. The number of thiophene rings is 1. The van der Waals surface area contributed by atoms with Crippen LogP contribution in [0.5, 0.6) is 0 Å². The summed E-state index contributed by atoms with van der Waals surface area (Å²) in [6.07, 6.45) is 0. The first-order chi connectivity index (χ1) is 7.63. The summed E-state index contributed by atoms with van der Waals surface area (Å²) in [5.41, 5.74) is 0.982. The molecule has 6 heteroatoms. The smallest absolute Gasteiger partial charge is 0.311 e. The topological polar surface area (TPSA) is 58.4 Å². The van der Waals surface area contributed by atoms with E-state index in [0.29, 0.717) is 6.54 Å². The van der Waals surface area contributed by atoms with Gasteiger partial charge >= 0.3 is 5.00 Å². The van der Waals surface area contributed by atoms with Crippen LogP contribution in [0.4, 0.5) is 5.00 Å². The third kappa shape index (κ3) is 4.26. The van der Waals surface area contributed by atoms with Crippen molar-refractivity contribution in [2.24, 2.45) is 0 Å². The standard InChI is InChI=1S/C10H17N3O2S/c1-3-12(2)5-4-11-7-9-6-10(13(14)15)16-8-9/h6,8,11H,3-5,7H2,1-2H3. The van der Waals surface area contributed by atoms with Crippen molar-refractivity contribution in [3.8, 4) is 0 Å². The molecule has 90 valence electrons. The van der Waals surface area contributed by atoms with Crippen molar-refractivity contribution in [1.29, 1.82) is 0 Å². The van der Waals surface area contributed by atoms with Gasteiger partial charge in [-0.3, -0.25) is 10.1 Å². The molecule has 1 heterocycles. The van der Waals surface area contributed by atoms with E-state index in [9.17, 15) is 10.1 Å². The number of nitro groups is 1. The monoisotopic (exact) mass is 243 g/mol. The van der Waals surface area contributed by atoms with Crippen LogP contribution in [0.2, 0.25) is 0 Å². The van der Waals surface area contributed by atoms with Crippen molar-refractivity contribution in [3.05, 3.63) is 27.1 Å². The molecule has 0 amide bonds. The summed E-state index contributed by atoms with van der Waals surface area (Å²) in [7, 11) is 2.07. The predicted octanol–water partition coefficient (Wildman–Crippen LogP) is 1.70. The first-order valence-electron chi connectivity index (χ1n) is 5.24. The highest BCUT2D eigenvalue weighted by atomic mass is 32.1. The fourth-order valence-electron chi connectivity index (χ4n) is 1.21. The zero-order valence-corrected chi connectivity index (χ0v) is 10.4. The van der Waals surface area contributed by atoms with Gasteiger partial charge in [0.15, 0.2) is 0 Å². The summed E-state index contributed by atoms with van der Waals surface area (Å²) in [5.74, 6) is 0.